The molecule has 3 amide bonds. The van der Waals surface area contributed by atoms with Gasteiger partial charge in [0.2, 0.25) is 11.8 Å². The Kier molecular flexibility index (Phi) is 13.8. The maximum absolute atomic E-state index is 14.3. The number of aliphatic hydroxyl groups is 2. The first-order valence-electron chi connectivity index (χ1n) is 20.2. The van der Waals surface area contributed by atoms with Gasteiger partial charge < -0.3 is 40.3 Å². The predicted molar refractivity (Wildman–Crippen MR) is 218 cm³/mol. The molecule has 3 saturated carbocycles. The molecule has 13 heteroatoms. The van der Waals surface area contributed by atoms with Crippen LogP contribution >= 0.6 is 0 Å². The minimum Gasteiger partial charge on any atom is -0.496 e. The molecular weight excluding hydrogens is 713 g/mol. The van der Waals surface area contributed by atoms with E-state index in [1.54, 1.807) is 36.1 Å². The lowest BCUT2D eigenvalue weighted by molar-refractivity contribution is -0.183. The van der Waals surface area contributed by atoms with E-state index in [1.807, 2.05) is 76.1 Å². The Bertz CT molecular complexity index is 1710. The number of methoxy groups -OCH3 is 1. The molecule has 0 radical (unpaired) electrons. The molecule has 3 aliphatic carbocycles. The van der Waals surface area contributed by atoms with Gasteiger partial charge in [-0.15, -0.1) is 0 Å². The normalized spacial score (nSPS) is 26.6. The van der Waals surface area contributed by atoms with E-state index in [4.69, 9.17) is 9.57 Å². The molecule has 13 nitrogen and oxygen atoms in total. The lowest BCUT2D eigenvalue weighted by Crippen LogP contribution is -2.62. The molecule has 1 aliphatic heterocycles. The van der Waals surface area contributed by atoms with E-state index >= 15 is 0 Å². The highest BCUT2D eigenvalue weighted by atomic mass is 16.7. The summed E-state index contributed by atoms with van der Waals surface area (Å²) < 4.78 is 6.08. The third-order valence-electron chi connectivity index (χ3n) is 12.9. The summed E-state index contributed by atoms with van der Waals surface area (Å²) in [5.74, 6) is 0.550. The molecule has 0 unspecified atom stereocenters. The zero-order chi connectivity index (χ0) is 41.2. The van der Waals surface area contributed by atoms with Crippen molar-refractivity contribution in [2.75, 3.05) is 66.4 Å². The number of ether oxygens (including phenoxy) is 1. The smallest absolute Gasteiger partial charge is 0.252 e. The van der Waals surface area contributed by atoms with Crippen molar-refractivity contribution in [3.8, 4) is 16.9 Å². The molecule has 56 heavy (non-hydrogen) atoms. The van der Waals surface area contributed by atoms with Crippen molar-refractivity contribution in [3.63, 3.8) is 0 Å². The van der Waals surface area contributed by atoms with Crippen LogP contribution in [0.15, 0.2) is 36.4 Å². The topological polar surface area (TPSA) is 147 Å². The fourth-order valence-corrected chi connectivity index (χ4v) is 9.53. The van der Waals surface area contributed by atoms with E-state index in [2.05, 4.69) is 31.4 Å². The molecule has 9 atom stereocenters. The Morgan fingerprint density at radius 3 is 2.32 bits per heavy atom. The van der Waals surface area contributed by atoms with Crippen molar-refractivity contribution in [2.24, 2.45) is 29.1 Å². The Balaban J connectivity index is 1.46. The van der Waals surface area contributed by atoms with Crippen LogP contribution in [-0.4, -0.2) is 135 Å². The Hall–Kier alpha value is -3.75. The Labute approximate surface area is 333 Å². The average molecular weight is 779 g/mol. The predicted octanol–water partition coefficient (Wildman–Crippen LogP) is 3.62. The number of para-hydroxylation sites is 1. The van der Waals surface area contributed by atoms with Crippen LogP contribution in [0, 0.1) is 29.1 Å². The van der Waals surface area contributed by atoms with Crippen molar-refractivity contribution in [1.82, 2.24) is 25.5 Å². The fraction of sp³-hybridized carbons (Fsp3) is 0.651. The number of hydrogen-bond donors (Lipinski definition) is 4. The second-order valence-electron chi connectivity index (χ2n) is 17.2. The average Bonchev–Trinajstić information content (AvgIpc) is 3.53. The van der Waals surface area contributed by atoms with Gasteiger partial charge in [0.25, 0.3) is 5.91 Å². The number of nitrogens with one attached hydrogen (secondary N) is 2. The van der Waals surface area contributed by atoms with Crippen molar-refractivity contribution in [3.05, 3.63) is 47.5 Å². The maximum Gasteiger partial charge on any atom is 0.252 e. The van der Waals surface area contributed by atoms with Crippen molar-refractivity contribution in [1.29, 1.82) is 0 Å². The molecule has 1 heterocycles. The van der Waals surface area contributed by atoms with E-state index in [9.17, 15) is 24.6 Å². The van der Waals surface area contributed by atoms with E-state index in [-0.39, 0.29) is 42.3 Å². The minimum absolute atomic E-state index is 0.0192. The molecule has 2 aromatic carbocycles. The SMILES string of the molecule is CCN(CC)C(=O)[C@@H](CN(C)C)NC(=O)c1cc(-c2cccc(CN3O[C@@H](CO)[C@@H]([C@H](C)O)[C@H]3C(=O)N[C@H]3C[C@H]4C[C@H]([C@@H]3C)C4(C)C)c2OC)cc(N(C)C)c1. The van der Waals surface area contributed by atoms with Gasteiger partial charge in [-0.05, 0) is 94.6 Å². The van der Waals surface area contributed by atoms with Crippen LogP contribution in [0.5, 0.6) is 5.75 Å². The maximum atomic E-state index is 14.3. The van der Waals surface area contributed by atoms with E-state index in [0.717, 1.165) is 28.8 Å². The molecule has 0 spiro atoms. The second kappa shape index (κ2) is 17.8. The van der Waals surface area contributed by atoms with Gasteiger partial charge in [-0.2, -0.15) is 5.06 Å². The summed E-state index contributed by atoms with van der Waals surface area (Å²) in [5, 5.41) is 29.3. The summed E-state index contributed by atoms with van der Waals surface area (Å²) in [6.45, 7) is 13.6. The number of rotatable bonds is 16. The van der Waals surface area contributed by atoms with Crippen molar-refractivity contribution < 1.29 is 34.2 Å². The number of likely N-dealkylation sites (N-methyl/N-ethyl adjacent to an activating group) is 2. The first-order chi connectivity index (χ1) is 26.5. The largest absolute Gasteiger partial charge is 0.496 e. The second-order valence-corrected chi connectivity index (χ2v) is 17.2. The summed E-state index contributed by atoms with van der Waals surface area (Å²) in [4.78, 5) is 53.5. The molecule has 4 fully saturated rings. The fourth-order valence-electron chi connectivity index (χ4n) is 9.53. The molecule has 2 aromatic rings. The summed E-state index contributed by atoms with van der Waals surface area (Å²) >= 11 is 0. The van der Waals surface area contributed by atoms with E-state index in [0.29, 0.717) is 48.7 Å². The molecule has 0 aromatic heterocycles. The van der Waals surface area contributed by atoms with Gasteiger partial charge in [-0.25, -0.2) is 0 Å². The lowest BCUT2D eigenvalue weighted by Gasteiger charge is -2.62. The molecule has 6 rings (SSSR count). The van der Waals surface area contributed by atoms with Crippen molar-refractivity contribution in [2.45, 2.75) is 91.3 Å². The van der Waals surface area contributed by atoms with Crippen LogP contribution in [0.3, 0.4) is 0 Å². The quantitative estimate of drug-likeness (QED) is 0.199. The van der Waals surface area contributed by atoms with Crippen LogP contribution in [0.2, 0.25) is 0 Å². The Morgan fingerprint density at radius 2 is 1.77 bits per heavy atom. The van der Waals surface area contributed by atoms with Crippen LogP contribution in [0.1, 0.15) is 70.3 Å². The number of fused-ring (bicyclic) bond motifs is 2. The lowest BCUT2D eigenvalue weighted by atomic mass is 9.45. The number of carbonyl (C=O) groups excluding carboxylic acids is 3. The third-order valence-corrected chi connectivity index (χ3v) is 12.9. The van der Waals surface area contributed by atoms with Crippen LogP contribution in [0.4, 0.5) is 5.69 Å². The number of aliphatic hydroxyl groups excluding tert-OH is 2. The Morgan fingerprint density at radius 1 is 1.07 bits per heavy atom. The van der Waals surface area contributed by atoms with Gasteiger partial charge in [-0.1, -0.05) is 39.0 Å². The minimum atomic E-state index is -0.921. The van der Waals surface area contributed by atoms with Crippen LogP contribution in [0.25, 0.3) is 11.1 Å². The van der Waals surface area contributed by atoms with Crippen molar-refractivity contribution >= 4 is 23.4 Å². The highest BCUT2D eigenvalue weighted by molar-refractivity contribution is 6.00. The summed E-state index contributed by atoms with van der Waals surface area (Å²) in [7, 11) is 9.12. The number of nitrogens with zero attached hydrogens (tertiary/aromatic N) is 4. The molecule has 4 N–H and O–H groups in total. The van der Waals surface area contributed by atoms with E-state index in [1.165, 1.54) is 6.42 Å². The van der Waals surface area contributed by atoms with Crippen LogP contribution < -0.4 is 20.3 Å². The number of benzene rings is 2. The standard InChI is InChI=1S/C43H66N6O7/c1-12-48(13-2)42(54)35(23-46(7)8)45-40(52)29-17-28(18-31(19-29)47(9)10)32-16-14-15-27(39(32)55-11)22-49-38(37(26(4)51)36(24-50)56-49)41(53)44-34-21-30-20-33(25(34)3)43(30,5)6/h14-19,25-26,30,33-38,50-51H,12-13,20-24H2,1-11H3,(H,44,53)(H,45,52)/t25-,26-,30+,33+,34-,35+,36-,37+,38-/m0/s1. The number of hydroxylamine groups is 2. The number of carbonyl (C=O) groups is 3. The van der Waals surface area contributed by atoms with E-state index < -0.39 is 30.2 Å². The highest BCUT2D eigenvalue weighted by Crippen LogP contribution is 2.61. The first-order valence-corrected chi connectivity index (χ1v) is 20.2. The van der Waals surface area contributed by atoms with Gasteiger partial charge in [0.1, 0.15) is 23.9 Å². The highest BCUT2D eigenvalue weighted by Gasteiger charge is 2.57. The summed E-state index contributed by atoms with van der Waals surface area (Å²) in [5.41, 5.74) is 3.59. The third kappa shape index (κ3) is 8.72. The van der Waals surface area contributed by atoms with Crippen LogP contribution in [-0.2, 0) is 21.0 Å². The zero-order valence-electron chi connectivity index (χ0n) is 35.3. The van der Waals surface area contributed by atoms with Gasteiger partial charge in [-0.3, -0.25) is 19.2 Å². The number of hydrogen-bond acceptors (Lipinski definition) is 10. The van der Waals surface area contributed by atoms with Gasteiger partial charge >= 0.3 is 0 Å². The summed E-state index contributed by atoms with van der Waals surface area (Å²) in [6, 6.07) is 9.70. The molecule has 4 aliphatic rings. The number of amides is 3. The van der Waals surface area contributed by atoms with Gasteiger partial charge in [0, 0.05) is 68.1 Å². The zero-order valence-corrected chi connectivity index (χ0v) is 35.3. The summed E-state index contributed by atoms with van der Waals surface area (Å²) in [6.07, 6.45) is 0.404. The van der Waals surface area contributed by atoms with Gasteiger partial charge in [0.15, 0.2) is 0 Å². The monoisotopic (exact) mass is 778 g/mol. The molecule has 2 bridgehead atoms. The first kappa shape index (κ1) is 43.4. The molecule has 310 valence electrons. The number of anilines is 1. The van der Waals surface area contributed by atoms with Gasteiger partial charge in [0.05, 0.1) is 26.4 Å². The molecule has 1 saturated heterocycles. The molecular formula is C43H66N6O7.